The van der Waals surface area contributed by atoms with Gasteiger partial charge in [0.15, 0.2) is 0 Å². The van der Waals surface area contributed by atoms with Crippen molar-refractivity contribution < 1.29 is 16.8 Å². The molecule has 0 radical (unpaired) electrons. The summed E-state index contributed by atoms with van der Waals surface area (Å²) < 4.78 is 57.1. The van der Waals surface area contributed by atoms with Crippen LogP contribution in [0.5, 0.6) is 0 Å². The van der Waals surface area contributed by atoms with Crippen molar-refractivity contribution in [2.75, 3.05) is 13.1 Å². The van der Waals surface area contributed by atoms with E-state index in [0.29, 0.717) is 23.9 Å². The maximum atomic E-state index is 13.5. The Hall–Kier alpha value is -1.48. The molecule has 2 atom stereocenters. The predicted octanol–water partition coefficient (Wildman–Crippen LogP) is 3.97. The number of piperidine rings is 2. The van der Waals surface area contributed by atoms with E-state index in [1.165, 1.54) is 0 Å². The Balaban J connectivity index is 1.85. The van der Waals surface area contributed by atoms with Crippen molar-refractivity contribution in [3.63, 3.8) is 0 Å². The summed E-state index contributed by atoms with van der Waals surface area (Å²) in [6, 6.07) is 9.83. The first-order valence-corrected chi connectivity index (χ1v) is 13.7. The van der Waals surface area contributed by atoms with E-state index >= 15 is 0 Å². The van der Waals surface area contributed by atoms with E-state index in [2.05, 4.69) is 0 Å². The molecule has 30 heavy (non-hydrogen) atoms. The van der Waals surface area contributed by atoms with Gasteiger partial charge in [-0.2, -0.15) is 8.61 Å². The molecule has 0 saturated carbocycles. The molecule has 2 aliphatic rings. The van der Waals surface area contributed by atoms with Crippen molar-refractivity contribution in [3.05, 3.63) is 36.4 Å². The van der Waals surface area contributed by atoms with E-state index in [-0.39, 0.29) is 21.9 Å². The van der Waals surface area contributed by atoms with Crippen LogP contribution in [0.25, 0.3) is 10.8 Å². The Kier molecular flexibility index (Phi) is 5.96. The maximum Gasteiger partial charge on any atom is 0.243 e. The molecule has 0 aliphatic carbocycles. The quantitative estimate of drug-likeness (QED) is 0.706. The molecule has 2 unspecified atom stereocenters. The topological polar surface area (TPSA) is 74.8 Å². The van der Waals surface area contributed by atoms with Gasteiger partial charge in [0.25, 0.3) is 0 Å². The van der Waals surface area contributed by atoms with Crippen molar-refractivity contribution in [1.29, 1.82) is 0 Å². The van der Waals surface area contributed by atoms with Gasteiger partial charge in [-0.15, -0.1) is 0 Å². The van der Waals surface area contributed by atoms with Crippen molar-refractivity contribution in [2.45, 2.75) is 74.2 Å². The summed E-state index contributed by atoms with van der Waals surface area (Å²) in [5.74, 6) is 0. The third kappa shape index (κ3) is 3.68. The third-order valence-electron chi connectivity index (χ3n) is 6.50. The fourth-order valence-electron chi connectivity index (χ4n) is 4.81. The second-order valence-electron chi connectivity index (χ2n) is 8.53. The first-order chi connectivity index (χ1) is 14.2. The second kappa shape index (κ2) is 8.22. The van der Waals surface area contributed by atoms with E-state index in [9.17, 15) is 16.8 Å². The molecule has 0 bridgehead atoms. The first kappa shape index (κ1) is 21.7. The van der Waals surface area contributed by atoms with Crippen LogP contribution >= 0.6 is 0 Å². The average Bonchev–Trinajstić information content (AvgIpc) is 2.73. The van der Waals surface area contributed by atoms with Gasteiger partial charge in [-0.05, 0) is 51.7 Å². The van der Waals surface area contributed by atoms with E-state index in [0.717, 1.165) is 38.5 Å². The van der Waals surface area contributed by atoms with Crippen LogP contribution in [-0.4, -0.2) is 50.6 Å². The van der Waals surface area contributed by atoms with Crippen molar-refractivity contribution in [3.8, 4) is 0 Å². The van der Waals surface area contributed by atoms with Crippen LogP contribution in [0, 0.1) is 0 Å². The highest BCUT2D eigenvalue weighted by Crippen LogP contribution is 2.34. The van der Waals surface area contributed by atoms with Gasteiger partial charge >= 0.3 is 0 Å². The number of nitrogens with zero attached hydrogens (tertiary/aromatic N) is 2. The van der Waals surface area contributed by atoms with Crippen LogP contribution in [0.1, 0.15) is 52.4 Å². The molecule has 0 N–H and O–H groups in total. The van der Waals surface area contributed by atoms with Crippen LogP contribution < -0.4 is 0 Å². The van der Waals surface area contributed by atoms with Crippen molar-refractivity contribution in [2.24, 2.45) is 0 Å². The summed E-state index contributed by atoms with van der Waals surface area (Å²) in [5.41, 5.74) is 0. The highest BCUT2D eigenvalue weighted by Gasteiger charge is 2.35. The lowest BCUT2D eigenvalue weighted by Crippen LogP contribution is -2.42. The lowest BCUT2D eigenvalue weighted by molar-refractivity contribution is 0.268. The van der Waals surface area contributed by atoms with Crippen molar-refractivity contribution in [1.82, 2.24) is 8.61 Å². The molecule has 2 aromatic carbocycles. The zero-order chi connectivity index (χ0) is 21.5. The minimum atomic E-state index is -3.71. The molecule has 2 aromatic rings. The third-order valence-corrected chi connectivity index (χ3v) is 10.6. The number of fused-ring (bicyclic) bond motifs is 1. The highest BCUT2D eigenvalue weighted by molar-refractivity contribution is 7.89. The number of hydrogen-bond acceptors (Lipinski definition) is 4. The van der Waals surface area contributed by atoms with Crippen LogP contribution in [0.3, 0.4) is 0 Å². The van der Waals surface area contributed by atoms with Gasteiger partial charge in [-0.1, -0.05) is 37.1 Å². The van der Waals surface area contributed by atoms with Crippen molar-refractivity contribution >= 4 is 30.8 Å². The van der Waals surface area contributed by atoms with Crippen LogP contribution in [0.2, 0.25) is 0 Å². The standard InChI is InChI=1S/C22H30N2O4S2/c1-17-9-3-5-15-23(17)29(25,26)21-13-7-12-20-19(21)11-8-14-22(20)30(27,28)24-16-6-4-10-18(24)2/h7-8,11-14,17-18H,3-6,9-10,15-16H2,1-2H3. The highest BCUT2D eigenvalue weighted by atomic mass is 32.2. The fourth-order valence-corrected chi connectivity index (χ4v) is 8.63. The van der Waals surface area contributed by atoms with Gasteiger partial charge in [-0.3, -0.25) is 0 Å². The molecule has 0 spiro atoms. The molecule has 0 amide bonds. The molecule has 4 rings (SSSR count). The number of rotatable bonds is 4. The molecule has 2 aliphatic heterocycles. The van der Waals surface area contributed by atoms with Gasteiger partial charge in [0.05, 0.1) is 9.79 Å². The largest absolute Gasteiger partial charge is 0.243 e. The minimum Gasteiger partial charge on any atom is -0.207 e. The summed E-state index contributed by atoms with van der Waals surface area (Å²) in [7, 11) is -7.42. The smallest absolute Gasteiger partial charge is 0.207 e. The minimum absolute atomic E-state index is 0.0554. The van der Waals surface area contributed by atoms with Gasteiger partial charge in [0.1, 0.15) is 0 Å². The normalized spacial score (nSPS) is 24.9. The molecule has 164 valence electrons. The number of benzene rings is 2. The van der Waals surface area contributed by atoms with Crippen LogP contribution in [0.4, 0.5) is 0 Å². The Morgan fingerprint density at radius 2 is 1.07 bits per heavy atom. The molecular formula is C22H30N2O4S2. The van der Waals surface area contributed by atoms with E-state index in [1.54, 1.807) is 45.0 Å². The molecule has 0 aromatic heterocycles. The second-order valence-corrected chi connectivity index (χ2v) is 12.2. The van der Waals surface area contributed by atoms with E-state index in [4.69, 9.17) is 0 Å². The molecule has 6 nitrogen and oxygen atoms in total. The van der Waals surface area contributed by atoms with Gasteiger partial charge in [0, 0.05) is 35.9 Å². The molecule has 8 heteroatoms. The summed E-state index contributed by atoms with van der Waals surface area (Å²) in [5, 5.41) is 0.946. The van der Waals surface area contributed by atoms with Crippen LogP contribution in [0.15, 0.2) is 46.2 Å². The summed E-state index contributed by atoms with van der Waals surface area (Å²) >= 11 is 0. The Bertz CT molecular complexity index is 1050. The summed E-state index contributed by atoms with van der Waals surface area (Å²) in [6.07, 6.45) is 5.44. The van der Waals surface area contributed by atoms with Gasteiger partial charge < -0.3 is 0 Å². The van der Waals surface area contributed by atoms with E-state index in [1.807, 2.05) is 13.8 Å². The first-order valence-electron chi connectivity index (χ1n) is 10.8. The Labute approximate surface area is 180 Å². The van der Waals surface area contributed by atoms with Gasteiger partial charge in [0.2, 0.25) is 20.0 Å². The molecule has 2 fully saturated rings. The predicted molar refractivity (Wildman–Crippen MR) is 118 cm³/mol. The SMILES string of the molecule is CC1CCCCN1S(=O)(=O)c1cccc2c(S(=O)(=O)N3CCCCC3C)cccc12. The Morgan fingerprint density at radius 3 is 1.43 bits per heavy atom. The number of sulfonamides is 2. The molecular weight excluding hydrogens is 420 g/mol. The molecule has 2 heterocycles. The molecule has 2 saturated heterocycles. The summed E-state index contributed by atoms with van der Waals surface area (Å²) in [4.78, 5) is 0.384. The maximum absolute atomic E-state index is 13.5. The van der Waals surface area contributed by atoms with Crippen LogP contribution in [-0.2, 0) is 20.0 Å². The summed E-state index contributed by atoms with van der Waals surface area (Å²) in [6.45, 7) is 4.89. The fraction of sp³-hybridized carbons (Fsp3) is 0.545. The lowest BCUT2D eigenvalue weighted by Gasteiger charge is -2.33. The monoisotopic (exact) mass is 450 g/mol. The Morgan fingerprint density at radius 1 is 0.667 bits per heavy atom. The zero-order valence-corrected chi connectivity index (χ0v) is 19.3. The zero-order valence-electron chi connectivity index (χ0n) is 17.6. The number of hydrogen-bond donors (Lipinski definition) is 0. The van der Waals surface area contributed by atoms with Gasteiger partial charge in [-0.25, -0.2) is 16.8 Å². The lowest BCUT2D eigenvalue weighted by atomic mass is 10.1. The van der Waals surface area contributed by atoms with E-state index < -0.39 is 20.0 Å². The average molecular weight is 451 g/mol.